The van der Waals surface area contributed by atoms with Gasteiger partial charge in [-0.3, -0.25) is 14.6 Å². The van der Waals surface area contributed by atoms with Crippen LogP contribution in [-0.2, 0) is 16.0 Å². The molecule has 0 bridgehead atoms. The third-order valence-corrected chi connectivity index (χ3v) is 5.71. The van der Waals surface area contributed by atoms with Gasteiger partial charge in [0.1, 0.15) is 0 Å². The van der Waals surface area contributed by atoms with E-state index in [-0.39, 0.29) is 23.7 Å². The molecular weight excluding hydrogens is 350 g/mol. The molecule has 28 heavy (non-hydrogen) atoms. The molecule has 5 nitrogen and oxygen atoms in total. The molecule has 5 heteroatoms. The number of hydrogen-bond acceptors (Lipinski definition) is 3. The van der Waals surface area contributed by atoms with Gasteiger partial charge in [-0.2, -0.15) is 0 Å². The van der Waals surface area contributed by atoms with Gasteiger partial charge < -0.3 is 10.2 Å². The molecule has 1 N–H and O–H groups in total. The zero-order chi connectivity index (χ0) is 19.9. The van der Waals surface area contributed by atoms with Crippen molar-refractivity contribution in [1.82, 2.24) is 9.88 Å². The van der Waals surface area contributed by atoms with Gasteiger partial charge in [0.05, 0.1) is 0 Å². The second-order valence-electron chi connectivity index (χ2n) is 7.72. The van der Waals surface area contributed by atoms with Gasteiger partial charge in [-0.1, -0.05) is 18.2 Å². The van der Waals surface area contributed by atoms with Crippen molar-refractivity contribution in [2.24, 2.45) is 11.8 Å². The van der Waals surface area contributed by atoms with Crippen molar-refractivity contribution in [3.63, 3.8) is 0 Å². The Hall–Kier alpha value is -2.69. The van der Waals surface area contributed by atoms with E-state index < -0.39 is 0 Å². The maximum absolute atomic E-state index is 12.7. The van der Waals surface area contributed by atoms with Gasteiger partial charge in [-0.25, -0.2) is 0 Å². The smallest absolute Gasteiger partial charge is 0.227 e. The monoisotopic (exact) mass is 379 g/mol. The number of aryl methyl sites for hydroxylation is 1. The van der Waals surface area contributed by atoms with Crippen LogP contribution in [0.3, 0.4) is 0 Å². The highest BCUT2D eigenvalue weighted by Gasteiger charge is 2.31. The van der Waals surface area contributed by atoms with Crippen LogP contribution >= 0.6 is 0 Å². The number of benzene rings is 1. The molecule has 1 aromatic heterocycles. The number of nitrogens with one attached hydrogen (secondary N) is 1. The molecule has 1 aliphatic carbocycles. The topological polar surface area (TPSA) is 62.3 Å². The Morgan fingerprint density at radius 3 is 2.36 bits per heavy atom. The summed E-state index contributed by atoms with van der Waals surface area (Å²) in [6.07, 6.45) is 7.49. The molecule has 1 aromatic carbocycles. The third kappa shape index (κ3) is 5.18. The number of hydrogen-bond donors (Lipinski definition) is 1. The number of carbonyl (C=O) groups is 2. The highest BCUT2D eigenvalue weighted by Crippen LogP contribution is 2.31. The number of nitrogens with zero attached hydrogens (tertiary/aromatic N) is 2. The molecule has 1 heterocycles. The van der Waals surface area contributed by atoms with Crippen molar-refractivity contribution >= 4 is 17.5 Å². The third-order valence-electron chi connectivity index (χ3n) is 5.71. The number of carbonyl (C=O) groups excluding carboxylic acids is 2. The Labute approximate surface area is 167 Å². The number of rotatable bonds is 6. The average Bonchev–Trinajstić information content (AvgIpc) is 2.74. The molecule has 2 aromatic rings. The Kier molecular flexibility index (Phi) is 6.80. The molecule has 0 atom stereocenters. The van der Waals surface area contributed by atoms with E-state index in [2.05, 4.69) is 10.3 Å². The van der Waals surface area contributed by atoms with E-state index in [0.717, 1.165) is 43.4 Å². The Bertz CT molecular complexity index is 799. The second kappa shape index (κ2) is 9.49. The summed E-state index contributed by atoms with van der Waals surface area (Å²) in [6, 6.07) is 11.8. The van der Waals surface area contributed by atoms with Crippen molar-refractivity contribution < 1.29 is 9.59 Å². The first-order valence-corrected chi connectivity index (χ1v) is 10.0. The SMILES string of the molecule is Cc1ccccc1NC(=O)C1CCC(C(=O)N(C)CCc2ccncc2)CC1. The number of aromatic nitrogens is 1. The van der Waals surface area contributed by atoms with Gasteiger partial charge >= 0.3 is 0 Å². The fraction of sp³-hybridized carbons (Fsp3) is 0.435. The number of para-hydroxylation sites is 1. The zero-order valence-corrected chi connectivity index (χ0v) is 16.7. The van der Waals surface area contributed by atoms with Gasteiger partial charge in [0.15, 0.2) is 0 Å². The molecule has 0 aliphatic heterocycles. The molecule has 0 radical (unpaired) electrons. The van der Waals surface area contributed by atoms with E-state index >= 15 is 0 Å². The fourth-order valence-corrected chi connectivity index (χ4v) is 3.82. The van der Waals surface area contributed by atoms with Crippen molar-refractivity contribution in [1.29, 1.82) is 0 Å². The van der Waals surface area contributed by atoms with E-state index in [4.69, 9.17) is 0 Å². The largest absolute Gasteiger partial charge is 0.345 e. The number of amides is 2. The summed E-state index contributed by atoms with van der Waals surface area (Å²) in [5.74, 6) is 0.300. The standard InChI is InChI=1S/C23H29N3O2/c1-17-5-3-4-6-21(17)25-22(27)19-7-9-20(10-8-19)23(28)26(2)16-13-18-11-14-24-15-12-18/h3-6,11-12,14-15,19-20H,7-10,13,16H2,1-2H3,(H,25,27). The number of anilines is 1. The fourth-order valence-electron chi connectivity index (χ4n) is 3.82. The predicted molar refractivity (Wildman–Crippen MR) is 111 cm³/mol. The van der Waals surface area contributed by atoms with Crippen molar-refractivity contribution in [2.75, 3.05) is 18.9 Å². The Morgan fingerprint density at radius 1 is 1.04 bits per heavy atom. The van der Waals surface area contributed by atoms with Crippen LogP contribution in [0, 0.1) is 18.8 Å². The normalized spacial score (nSPS) is 19.1. The lowest BCUT2D eigenvalue weighted by molar-refractivity contribution is -0.136. The lowest BCUT2D eigenvalue weighted by atomic mass is 9.81. The minimum atomic E-state index is -0.00854. The maximum Gasteiger partial charge on any atom is 0.227 e. The Morgan fingerprint density at radius 2 is 1.68 bits per heavy atom. The summed E-state index contributed by atoms with van der Waals surface area (Å²) < 4.78 is 0. The Balaban J connectivity index is 1.45. The molecule has 0 spiro atoms. The maximum atomic E-state index is 12.7. The molecule has 1 saturated carbocycles. The van der Waals surface area contributed by atoms with Crippen LogP contribution < -0.4 is 5.32 Å². The first kappa shape index (κ1) is 20.1. The first-order chi connectivity index (χ1) is 13.5. The van der Waals surface area contributed by atoms with E-state index in [9.17, 15) is 9.59 Å². The van der Waals surface area contributed by atoms with Gasteiger partial charge in [0, 0.05) is 43.5 Å². The van der Waals surface area contributed by atoms with Crippen molar-refractivity contribution in [2.45, 2.75) is 39.0 Å². The molecular formula is C23H29N3O2. The van der Waals surface area contributed by atoms with Crippen molar-refractivity contribution in [3.8, 4) is 0 Å². The van der Waals surface area contributed by atoms with Gasteiger partial charge in [0.25, 0.3) is 0 Å². The number of likely N-dealkylation sites (N-methyl/N-ethyl adjacent to an activating group) is 1. The molecule has 148 valence electrons. The molecule has 1 fully saturated rings. The highest BCUT2D eigenvalue weighted by atomic mass is 16.2. The average molecular weight is 380 g/mol. The van der Waals surface area contributed by atoms with Crippen LogP contribution in [0.5, 0.6) is 0 Å². The minimum absolute atomic E-state index is 0.00854. The zero-order valence-electron chi connectivity index (χ0n) is 16.7. The van der Waals surface area contributed by atoms with Gasteiger partial charge in [-0.15, -0.1) is 0 Å². The van der Waals surface area contributed by atoms with Crippen LogP contribution in [0.2, 0.25) is 0 Å². The molecule has 2 amide bonds. The summed E-state index contributed by atoms with van der Waals surface area (Å²) in [6.45, 7) is 2.70. The van der Waals surface area contributed by atoms with Crippen LogP contribution in [0.4, 0.5) is 5.69 Å². The summed E-state index contributed by atoms with van der Waals surface area (Å²) in [5, 5.41) is 3.05. The van der Waals surface area contributed by atoms with E-state index in [1.54, 1.807) is 12.4 Å². The van der Waals surface area contributed by atoms with E-state index in [0.29, 0.717) is 6.54 Å². The molecule has 0 saturated heterocycles. The highest BCUT2D eigenvalue weighted by molar-refractivity contribution is 5.93. The number of pyridine rings is 1. The lowest BCUT2D eigenvalue weighted by Crippen LogP contribution is -2.37. The summed E-state index contributed by atoms with van der Waals surface area (Å²) >= 11 is 0. The van der Waals surface area contributed by atoms with Crippen LogP contribution in [0.15, 0.2) is 48.8 Å². The van der Waals surface area contributed by atoms with Crippen LogP contribution in [0.1, 0.15) is 36.8 Å². The van der Waals surface area contributed by atoms with Crippen LogP contribution in [-0.4, -0.2) is 35.3 Å². The molecule has 3 rings (SSSR count). The quantitative estimate of drug-likeness (QED) is 0.829. The van der Waals surface area contributed by atoms with E-state index in [1.807, 2.05) is 55.3 Å². The molecule has 0 unspecified atom stereocenters. The van der Waals surface area contributed by atoms with Gasteiger partial charge in [0.2, 0.25) is 11.8 Å². The second-order valence-corrected chi connectivity index (χ2v) is 7.72. The minimum Gasteiger partial charge on any atom is -0.345 e. The summed E-state index contributed by atoms with van der Waals surface area (Å²) in [7, 11) is 1.88. The molecule has 1 aliphatic rings. The predicted octanol–water partition coefficient (Wildman–Crippen LogP) is 3.84. The lowest BCUT2D eigenvalue weighted by Gasteiger charge is -2.30. The van der Waals surface area contributed by atoms with Crippen molar-refractivity contribution in [3.05, 3.63) is 59.9 Å². The first-order valence-electron chi connectivity index (χ1n) is 10.0. The van der Waals surface area contributed by atoms with E-state index in [1.165, 1.54) is 5.56 Å². The van der Waals surface area contributed by atoms with Crippen LogP contribution in [0.25, 0.3) is 0 Å². The van der Waals surface area contributed by atoms with Gasteiger partial charge in [-0.05, 0) is 68.4 Å². The summed E-state index contributed by atoms with van der Waals surface area (Å²) in [5.41, 5.74) is 3.13. The summed E-state index contributed by atoms with van der Waals surface area (Å²) in [4.78, 5) is 31.2.